The van der Waals surface area contributed by atoms with Crippen molar-refractivity contribution < 1.29 is 14.6 Å². The van der Waals surface area contributed by atoms with Gasteiger partial charge in [-0.1, -0.05) is 5.57 Å². The second-order valence-electron chi connectivity index (χ2n) is 4.78. The molecule has 0 saturated carbocycles. The third-order valence-electron chi connectivity index (χ3n) is 3.40. The second-order valence-corrected chi connectivity index (χ2v) is 4.78. The summed E-state index contributed by atoms with van der Waals surface area (Å²) in [4.78, 5) is 18.5. The minimum atomic E-state index is -0.146. The summed E-state index contributed by atoms with van der Waals surface area (Å²) in [6.45, 7) is 1.99. The number of aromatic hydroxyl groups is 1. The van der Waals surface area contributed by atoms with E-state index in [0.717, 1.165) is 12.0 Å². The number of amides is 1. The van der Waals surface area contributed by atoms with Crippen LogP contribution in [0.3, 0.4) is 0 Å². The Morgan fingerprint density at radius 2 is 2.26 bits per heavy atom. The lowest BCUT2D eigenvalue weighted by Crippen LogP contribution is -2.32. The molecule has 98 valence electrons. The Kier molecular flexibility index (Phi) is 2.55. The van der Waals surface area contributed by atoms with Crippen LogP contribution < -0.4 is 4.74 Å². The van der Waals surface area contributed by atoms with Crippen molar-refractivity contribution in [3.8, 4) is 11.5 Å². The van der Waals surface area contributed by atoms with E-state index in [9.17, 15) is 9.90 Å². The van der Waals surface area contributed by atoms with Gasteiger partial charge in [0, 0.05) is 18.5 Å². The highest BCUT2D eigenvalue weighted by Gasteiger charge is 2.31. The molecule has 5 heteroatoms. The number of methoxy groups -OCH3 is 1. The molecule has 0 unspecified atom stereocenters. The molecule has 3 rings (SSSR count). The fourth-order valence-corrected chi connectivity index (χ4v) is 2.45. The van der Waals surface area contributed by atoms with Crippen LogP contribution in [0, 0.1) is 0 Å². The summed E-state index contributed by atoms with van der Waals surface area (Å²) in [5.74, 6) is 0.118. The Morgan fingerprint density at radius 1 is 1.47 bits per heavy atom. The van der Waals surface area contributed by atoms with Gasteiger partial charge < -0.3 is 14.7 Å². The van der Waals surface area contributed by atoms with Gasteiger partial charge in [-0.3, -0.25) is 9.79 Å². The molecule has 2 heterocycles. The largest absolute Gasteiger partial charge is 0.504 e. The van der Waals surface area contributed by atoms with Crippen molar-refractivity contribution >= 4 is 17.8 Å². The maximum absolute atomic E-state index is 12.5. The number of hydrogen-bond donors (Lipinski definition) is 1. The molecule has 0 fully saturated rings. The molecule has 1 atom stereocenters. The Hall–Kier alpha value is -2.30. The van der Waals surface area contributed by atoms with Crippen molar-refractivity contribution in [1.29, 1.82) is 0 Å². The first-order valence-corrected chi connectivity index (χ1v) is 6.05. The molecule has 1 aromatic rings. The summed E-state index contributed by atoms with van der Waals surface area (Å²) in [5.41, 5.74) is 2.06. The Bertz CT molecular complexity index is 619. The van der Waals surface area contributed by atoms with E-state index in [1.54, 1.807) is 17.2 Å². The predicted octanol–water partition coefficient (Wildman–Crippen LogP) is 2.24. The predicted molar refractivity (Wildman–Crippen MR) is 71.1 cm³/mol. The minimum Gasteiger partial charge on any atom is -0.504 e. The van der Waals surface area contributed by atoms with Gasteiger partial charge in [0.15, 0.2) is 11.5 Å². The summed E-state index contributed by atoms with van der Waals surface area (Å²) in [7, 11) is 1.47. The molecule has 2 aliphatic rings. The van der Waals surface area contributed by atoms with Gasteiger partial charge in [-0.2, -0.15) is 0 Å². The van der Waals surface area contributed by atoms with E-state index in [-0.39, 0.29) is 17.7 Å². The van der Waals surface area contributed by atoms with Gasteiger partial charge in [0.25, 0.3) is 5.91 Å². The standard InChI is InChI=1S/C14H14N2O3/c1-8-3-9-6-15-11-5-13(19-2)12(17)4-10(11)14(18)16(9)7-8/h4-7,9,17H,3H2,1-2H3/t9-/m0/s1. The van der Waals surface area contributed by atoms with Gasteiger partial charge in [-0.15, -0.1) is 0 Å². The zero-order valence-corrected chi connectivity index (χ0v) is 10.8. The van der Waals surface area contributed by atoms with Crippen LogP contribution >= 0.6 is 0 Å². The molecule has 19 heavy (non-hydrogen) atoms. The number of phenols is 1. The van der Waals surface area contributed by atoms with E-state index in [1.165, 1.54) is 13.2 Å². The third-order valence-corrected chi connectivity index (χ3v) is 3.40. The van der Waals surface area contributed by atoms with Crippen LogP contribution in [0.2, 0.25) is 0 Å². The van der Waals surface area contributed by atoms with Crippen LogP contribution in [-0.4, -0.2) is 35.3 Å². The molecular weight excluding hydrogens is 244 g/mol. The average Bonchev–Trinajstić information content (AvgIpc) is 2.72. The van der Waals surface area contributed by atoms with Crippen LogP contribution in [-0.2, 0) is 0 Å². The molecule has 0 radical (unpaired) electrons. The Morgan fingerprint density at radius 3 is 3.00 bits per heavy atom. The van der Waals surface area contributed by atoms with Crippen LogP contribution in [0.4, 0.5) is 5.69 Å². The second kappa shape index (κ2) is 4.12. The van der Waals surface area contributed by atoms with Crippen LogP contribution in [0.25, 0.3) is 0 Å². The maximum atomic E-state index is 12.5. The number of carbonyl (C=O) groups is 1. The number of phenolic OH excluding ortho intramolecular Hbond substituents is 1. The number of nitrogens with zero attached hydrogens (tertiary/aromatic N) is 2. The van der Waals surface area contributed by atoms with E-state index in [0.29, 0.717) is 17.0 Å². The lowest BCUT2D eigenvalue weighted by Gasteiger charge is -2.18. The molecule has 2 aliphatic heterocycles. The van der Waals surface area contributed by atoms with Gasteiger partial charge in [0.05, 0.1) is 24.4 Å². The average molecular weight is 258 g/mol. The first-order chi connectivity index (χ1) is 9.10. The van der Waals surface area contributed by atoms with Crippen molar-refractivity contribution in [3.63, 3.8) is 0 Å². The van der Waals surface area contributed by atoms with Gasteiger partial charge in [-0.05, 0) is 19.4 Å². The number of rotatable bonds is 1. The lowest BCUT2D eigenvalue weighted by molar-refractivity contribution is 0.0817. The number of carbonyl (C=O) groups excluding carboxylic acids is 1. The lowest BCUT2D eigenvalue weighted by atomic mass is 10.1. The number of aliphatic imine (C=N–C) groups is 1. The number of hydrogen-bond acceptors (Lipinski definition) is 4. The van der Waals surface area contributed by atoms with E-state index >= 15 is 0 Å². The topological polar surface area (TPSA) is 62.1 Å². The van der Waals surface area contributed by atoms with E-state index < -0.39 is 0 Å². The monoisotopic (exact) mass is 258 g/mol. The molecule has 5 nitrogen and oxygen atoms in total. The number of ether oxygens (including phenoxy) is 1. The fraction of sp³-hybridized carbons (Fsp3) is 0.286. The smallest absolute Gasteiger partial charge is 0.260 e. The van der Waals surface area contributed by atoms with Crippen molar-refractivity contribution in [3.05, 3.63) is 29.5 Å². The summed E-state index contributed by atoms with van der Waals surface area (Å²) in [6.07, 6.45) is 4.41. The SMILES string of the molecule is COc1cc2c(cc1O)C(=O)N1C=C(C)C[C@H]1C=N2. The highest BCUT2D eigenvalue weighted by Crippen LogP contribution is 2.37. The minimum absolute atomic E-state index is 0.0342. The first-order valence-electron chi connectivity index (χ1n) is 6.05. The zero-order chi connectivity index (χ0) is 13.6. The fourth-order valence-electron chi connectivity index (χ4n) is 2.45. The van der Waals surface area contributed by atoms with Gasteiger partial charge in [-0.25, -0.2) is 0 Å². The number of fused-ring (bicyclic) bond motifs is 2. The molecule has 0 bridgehead atoms. The van der Waals surface area contributed by atoms with E-state index in [2.05, 4.69) is 4.99 Å². The summed E-state index contributed by atoms with van der Waals surface area (Å²) >= 11 is 0. The van der Waals surface area contributed by atoms with Crippen LogP contribution in [0.1, 0.15) is 23.7 Å². The Balaban J connectivity index is 2.12. The Labute approximate surface area is 110 Å². The van der Waals surface area contributed by atoms with E-state index in [4.69, 9.17) is 4.74 Å². The first kappa shape index (κ1) is 11.8. The van der Waals surface area contributed by atoms with Crippen LogP contribution in [0.15, 0.2) is 28.9 Å². The summed E-state index contributed by atoms with van der Waals surface area (Å²) in [5, 5.41) is 9.81. The molecule has 1 aromatic carbocycles. The number of benzene rings is 1. The van der Waals surface area contributed by atoms with Crippen molar-refractivity contribution in [1.82, 2.24) is 4.90 Å². The van der Waals surface area contributed by atoms with Crippen LogP contribution in [0.5, 0.6) is 11.5 Å². The maximum Gasteiger partial charge on any atom is 0.260 e. The molecule has 0 saturated heterocycles. The van der Waals surface area contributed by atoms with Gasteiger partial charge >= 0.3 is 0 Å². The van der Waals surface area contributed by atoms with Gasteiger partial charge in [0.1, 0.15) is 0 Å². The van der Waals surface area contributed by atoms with Crippen molar-refractivity contribution in [2.45, 2.75) is 19.4 Å². The highest BCUT2D eigenvalue weighted by molar-refractivity contribution is 6.04. The van der Waals surface area contributed by atoms with Gasteiger partial charge in [0.2, 0.25) is 0 Å². The molecule has 0 aromatic heterocycles. The normalized spacial score (nSPS) is 20.7. The molecular formula is C14H14N2O3. The molecule has 0 aliphatic carbocycles. The van der Waals surface area contributed by atoms with Crippen molar-refractivity contribution in [2.24, 2.45) is 4.99 Å². The molecule has 0 spiro atoms. The summed E-state index contributed by atoms with van der Waals surface area (Å²) in [6, 6.07) is 2.96. The zero-order valence-electron chi connectivity index (χ0n) is 10.8. The quantitative estimate of drug-likeness (QED) is 0.840. The molecule has 1 amide bonds. The summed E-state index contributed by atoms with van der Waals surface area (Å²) < 4.78 is 5.04. The third kappa shape index (κ3) is 1.78. The molecule has 1 N–H and O–H groups in total. The van der Waals surface area contributed by atoms with Crippen molar-refractivity contribution in [2.75, 3.05) is 7.11 Å². The highest BCUT2D eigenvalue weighted by atomic mass is 16.5. The van der Waals surface area contributed by atoms with E-state index in [1.807, 2.05) is 13.1 Å².